The molecule has 3 rings (SSSR count). The van der Waals surface area contributed by atoms with Crippen molar-refractivity contribution in [2.24, 2.45) is 5.92 Å². The third-order valence-electron chi connectivity index (χ3n) is 4.73. The van der Waals surface area contributed by atoms with Crippen LogP contribution in [0.15, 0.2) is 48.5 Å². The van der Waals surface area contributed by atoms with Crippen LogP contribution < -0.4 is 4.74 Å². The van der Waals surface area contributed by atoms with Crippen LogP contribution in [0, 0.1) is 11.7 Å². The molecule has 1 saturated heterocycles. The summed E-state index contributed by atoms with van der Waals surface area (Å²) in [7, 11) is 0. The molecule has 28 heavy (non-hydrogen) atoms. The van der Waals surface area contributed by atoms with Crippen LogP contribution in [0.3, 0.4) is 0 Å². The van der Waals surface area contributed by atoms with Gasteiger partial charge in [-0.2, -0.15) is 0 Å². The van der Waals surface area contributed by atoms with Crippen LogP contribution in [-0.2, 0) is 11.3 Å². The number of aromatic carboxylic acids is 1. The minimum Gasteiger partial charge on any atom is -0.492 e. The Morgan fingerprint density at radius 2 is 1.82 bits per heavy atom. The second-order valence-electron chi connectivity index (χ2n) is 6.73. The van der Waals surface area contributed by atoms with Crippen LogP contribution in [0.4, 0.5) is 9.18 Å². The molecule has 0 aromatic heterocycles. The van der Waals surface area contributed by atoms with Gasteiger partial charge < -0.3 is 19.5 Å². The lowest BCUT2D eigenvalue weighted by Crippen LogP contribution is -2.40. The molecule has 0 saturated carbocycles. The van der Waals surface area contributed by atoms with Gasteiger partial charge in [0.05, 0.1) is 6.61 Å². The highest BCUT2D eigenvalue weighted by Crippen LogP contribution is 2.24. The van der Waals surface area contributed by atoms with Gasteiger partial charge >= 0.3 is 12.1 Å². The topological polar surface area (TPSA) is 76.1 Å². The average molecular weight is 387 g/mol. The zero-order chi connectivity index (χ0) is 19.9. The molecular weight excluding hydrogens is 365 g/mol. The molecule has 1 heterocycles. The first-order valence-corrected chi connectivity index (χ1v) is 9.14. The van der Waals surface area contributed by atoms with Gasteiger partial charge in [0, 0.05) is 19.2 Å². The molecule has 0 unspecified atom stereocenters. The fourth-order valence-electron chi connectivity index (χ4n) is 3.09. The predicted octanol–water partition coefficient (Wildman–Crippen LogP) is 3.95. The largest absolute Gasteiger partial charge is 0.492 e. The second-order valence-corrected chi connectivity index (χ2v) is 6.73. The van der Waals surface area contributed by atoms with Gasteiger partial charge in [-0.25, -0.2) is 14.0 Å². The second kappa shape index (κ2) is 9.21. The summed E-state index contributed by atoms with van der Waals surface area (Å²) in [5.74, 6) is -1.53. The molecule has 0 radical (unpaired) electrons. The Kier molecular flexibility index (Phi) is 6.47. The Morgan fingerprint density at radius 1 is 1.11 bits per heavy atom. The van der Waals surface area contributed by atoms with Crippen molar-refractivity contribution < 1.29 is 28.6 Å². The standard InChI is InChI=1S/C21H22FNO5/c22-17-6-7-18(20(24)25)19(12-17)27-13-16-8-10-23(11-9-16)21(26)28-14-15-4-2-1-3-5-15/h1-7,12,16H,8-11,13-14H2,(H,24,25). The summed E-state index contributed by atoms with van der Waals surface area (Å²) in [5.41, 5.74) is 0.867. The van der Waals surface area contributed by atoms with Crippen LogP contribution in [0.25, 0.3) is 0 Å². The molecule has 2 aromatic rings. The van der Waals surface area contributed by atoms with E-state index in [-0.39, 0.29) is 36.5 Å². The van der Waals surface area contributed by atoms with Crippen molar-refractivity contribution in [3.05, 3.63) is 65.5 Å². The zero-order valence-electron chi connectivity index (χ0n) is 15.3. The first kappa shape index (κ1) is 19.7. The van der Waals surface area contributed by atoms with E-state index in [1.165, 1.54) is 6.07 Å². The van der Waals surface area contributed by atoms with Gasteiger partial charge in [-0.05, 0) is 36.5 Å². The van der Waals surface area contributed by atoms with E-state index in [1.54, 1.807) is 4.90 Å². The molecule has 2 aromatic carbocycles. The number of amides is 1. The highest BCUT2D eigenvalue weighted by atomic mass is 19.1. The van der Waals surface area contributed by atoms with Crippen LogP contribution in [0.2, 0.25) is 0 Å². The van der Waals surface area contributed by atoms with Crippen molar-refractivity contribution in [1.29, 1.82) is 0 Å². The van der Waals surface area contributed by atoms with E-state index in [1.807, 2.05) is 30.3 Å². The van der Waals surface area contributed by atoms with E-state index in [2.05, 4.69) is 0 Å². The van der Waals surface area contributed by atoms with Crippen molar-refractivity contribution in [2.45, 2.75) is 19.4 Å². The first-order chi connectivity index (χ1) is 13.5. The molecule has 0 spiro atoms. The number of rotatable bonds is 6. The number of halogens is 1. The molecule has 0 bridgehead atoms. The number of hydrogen-bond donors (Lipinski definition) is 1. The molecule has 1 aliphatic heterocycles. The molecule has 1 amide bonds. The van der Waals surface area contributed by atoms with E-state index >= 15 is 0 Å². The average Bonchev–Trinajstić information content (AvgIpc) is 2.71. The predicted molar refractivity (Wildman–Crippen MR) is 99.8 cm³/mol. The summed E-state index contributed by atoms with van der Waals surface area (Å²) in [4.78, 5) is 25.0. The SMILES string of the molecule is O=C(O)c1ccc(F)cc1OCC1CCN(C(=O)OCc2ccccc2)CC1. The fourth-order valence-corrected chi connectivity index (χ4v) is 3.09. The molecular formula is C21H22FNO5. The van der Waals surface area contributed by atoms with E-state index in [9.17, 15) is 14.0 Å². The number of likely N-dealkylation sites (tertiary alicyclic amines) is 1. The van der Waals surface area contributed by atoms with Crippen molar-refractivity contribution in [1.82, 2.24) is 4.90 Å². The van der Waals surface area contributed by atoms with E-state index < -0.39 is 11.8 Å². The number of carboxylic acid groups (broad SMARTS) is 1. The van der Waals surface area contributed by atoms with Gasteiger partial charge in [-0.1, -0.05) is 30.3 Å². The summed E-state index contributed by atoms with van der Waals surface area (Å²) in [6.07, 6.45) is 1.07. The van der Waals surface area contributed by atoms with Crippen LogP contribution in [0.5, 0.6) is 5.75 Å². The molecule has 6 nitrogen and oxygen atoms in total. The maximum atomic E-state index is 13.4. The third kappa shape index (κ3) is 5.22. The van der Waals surface area contributed by atoms with Crippen molar-refractivity contribution in [3.63, 3.8) is 0 Å². The normalized spacial score (nSPS) is 14.5. The Bertz CT molecular complexity index is 819. The van der Waals surface area contributed by atoms with E-state index in [0.29, 0.717) is 25.9 Å². The Balaban J connectivity index is 1.45. The van der Waals surface area contributed by atoms with Crippen molar-refractivity contribution in [3.8, 4) is 5.75 Å². The molecule has 1 aliphatic rings. The van der Waals surface area contributed by atoms with Gasteiger partial charge in [0.1, 0.15) is 23.7 Å². The Labute approximate surface area is 162 Å². The lowest BCUT2D eigenvalue weighted by Gasteiger charge is -2.31. The lowest BCUT2D eigenvalue weighted by atomic mass is 9.98. The summed E-state index contributed by atoms with van der Waals surface area (Å²) in [5, 5.41) is 9.16. The Morgan fingerprint density at radius 3 is 2.50 bits per heavy atom. The fraction of sp³-hybridized carbons (Fsp3) is 0.333. The van der Waals surface area contributed by atoms with Crippen LogP contribution >= 0.6 is 0 Å². The summed E-state index contributed by atoms with van der Waals surface area (Å²) >= 11 is 0. The van der Waals surface area contributed by atoms with Crippen molar-refractivity contribution in [2.75, 3.05) is 19.7 Å². The molecule has 0 aliphatic carbocycles. The number of carbonyl (C=O) groups excluding carboxylic acids is 1. The number of nitrogens with zero attached hydrogens (tertiary/aromatic N) is 1. The minimum atomic E-state index is -1.16. The summed E-state index contributed by atoms with van der Waals surface area (Å²) < 4.78 is 24.3. The van der Waals surface area contributed by atoms with Gasteiger partial charge in [0.2, 0.25) is 0 Å². The number of carboxylic acids is 1. The van der Waals surface area contributed by atoms with Gasteiger partial charge in [-0.15, -0.1) is 0 Å². The molecule has 0 atom stereocenters. The smallest absolute Gasteiger partial charge is 0.410 e. The minimum absolute atomic E-state index is 0.0252. The number of benzene rings is 2. The van der Waals surface area contributed by atoms with Crippen LogP contribution in [0.1, 0.15) is 28.8 Å². The van der Waals surface area contributed by atoms with Gasteiger partial charge in [-0.3, -0.25) is 0 Å². The highest BCUT2D eigenvalue weighted by molar-refractivity contribution is 5.90. The summed E-state index contributed by atoms with van der Waals surface area (Å²) in [6.45, 7) is 1.59. The third-order valence-corrected chi connectivity index (χ3v) is 4.73. The maximum Gasteiger partial charge on any atom is 0.410 e. The molecule has 1 fully saturated rings. The molecule has 7 heteroatoms. The number of carbonyl (C=O) groups is 2. The van der Waals surface area contributed by atoms with Gasteiger partial charge in [0.15, 0.2) is 0 Å². The number of ether oxygens (including phenoxy) is 2. The van der Waals surface area contributed by atoms with Crippen molar-refractivity contribution >= 4 is 12.1 Å². The van der Waals surface area contributed by atoms with Gasteiger partial charge in [0.25, 0.3) is 0 Å². The van der Waals surface area contributed by atoms with E-state index in [4.69, 9.17) is 14.6 Å². The maximum absolute atomic E-state index is 13.4. The Hall–Kier alpha value is -3.09. The summed E-state index contributed by atoms with van der Waals surface area (Å²) in [6, 6.07) is 12.9. The zero-order valence-corrected chi connectivity index (χ0v) is 15.3. The lowest BCUT2D eigenvalue weighted by molar-refractivity contribution is 0.0679. The molecule has 148 valence electrons. The van der Waals surface area contributed by atoms with Crippen LogP contribution in [-0.4, -0.2) is 41.8 Å². The number of hydrogen-bond acceptors (Lipinski definition) is 4. The number of piperidine rings is 1. The van der Waals surface area contributed by atoms with E-state index in [0.717, 1.165) is 17.7 Å². The quantitative estimate of drug-likeness (QED) is 0.812. The highest BCUT2D eigenvalue weighted by Gasteiger charge is 2.25. The first-order valence-electron chi connectivity index (χ1n) is 9.14. The molecule has 1 N–H and O–H groups in total. The monoisotopic (exact) mass is 387 g/mol.